The summed E-state index contributed by atoms with van der Waals surface area (Å²) < 4.78 is 15.9. The number of furan rings is 1. The highest BCUT2D eigenvalue weighted by molar-refractivity contribution is 6.23. The molecule has 0 saturated carbocycles. The van der Waals surface area contributed by atoms with Gasteiger partial charge in [-0.2, -0.15) is 0 Å². The lowest BCUT2D eigenvalue weighted by Gasteiger charge is -2.18. The molecule has 0 fully saturated rings. The van der Waals surface area contributed by atoms with Crippen LogP contribution in [0.5, 0.6) is 5.75 Å². The highest BCUT2D eigenvalue weighted by Crippen LogP contribution is 2.46. The van der Waals surface area contributed by atoms with Gasteiger partial charge in [0.1, 0.15) is 23.0 Å². The Balaban J connectivity index is 1.01. The summed E-state index contributed by atoms with van der Waals surface area (Å²) in [6, 6.07) is 66.3. The van der Waals surface area contributed by atoms with Gasteiger partial charge in [-0.15, -0.1) is 0 Å². The van der Waals surface area contributed by atoms with Crippen molar-refractivity contribution in [2.75, 3.05) is 0 Å². The van der Waals surface area contributed by atoms with Crippen LogP contribution in [-0.4, -0.2) is 25.6 Å². The SMILES string of the molecule is C1=CC2c3ccccc3OC2C=C1c1nc(-c2ccc(-c3ccccc3)cc2)nc(-c2ccc(-n3c4cc5ccccc5cc4c4ccc5ccccc5c43)c3c2oc2ccccc23)n1. The molecule has 65 heavy (non-hydrogen) atoms. The molecule has 3 aromatic heterocycles. The Morgan fingerprint density at radius 1 is 0.492 bits per heavy atom. The molecule has 2 atom stereocenters. The van der Waals surface area contributed by atoms with Gasteiger partial charge >= 0.3 is 0 Å². The van der Waals surface area contributed by atoms with Gasteiger partial charge in [0, 0.05) is 44.2 Å². The highest BCUT2D eigenvalue weighted by Gasteiger charge is 2.34. The molecule has 2 unspecified atom stereocenters. The molecule has 14 rings (SSSR count). The second-order valence-corrected chi connectivity index (χ2v) is 17.0. The van der Waals surface area contributed by atoms with E-state index >= 15 is 0 Å². The summed E-state index contributed by atoms with van der Waals surface area (Å²) in [6.45, 7) is 0. The average Bonchev–Trinajstić information content (AvgIpc) is 4.05. The number of hydrogen-bond acceptors (Lipinski definition) is 5. The maximum absolute atomic E-state index is 6.98. The predicted octanol–water partition coefficient (Wildman–Crippen LogP) is 14.7. The van der Waals surface area contributed by atoms with Gasteiger partial charge in [0.25, 0.3) is 0 Å². The van der Waals surface area contributed by atoms with Crippen molar-refractivity contribution in [2.24, 2.45) is 0 Å². The number of nitrogens with zero attached hydrogens (tertiary/aromatic N) is 4. The summed E-state index contributed by atoms with van der Waals surface area (Å²) in [5.74, 6) is 2.71. The molecule has 0 spiro atoms. The maximum Gasteiger partial charge on any atom is 0.167 e. The molecule has 6 nitrogen and oxygen atoms in total. The first-order valence-electron chi connectivity index (χ1n) is 22.1. The minimum atomic E-state index is -0.165. The van der Waals surface area contributed by atoms with Crippen molar-refractivity contribution in [3.8, 4) is 45.3 Å². The minimum Gasteiger partial charge on any atom is -0.485 e. The molecule has 6 heteroatoms. The van der Waals surface area contributed by atoms with Gasteiger partial charge in [0.05, 0.1) is 27.7 Å². The molecule has 1 aliphatic heterocycles. The first kappa shape index (κ1) is 35.9. The van der Waals surface area contributed by atoms with Gasteiger partial charge in [-0.1, -0.05) is 164 Å². The summed E-state index contributed by atoms with van der Waals surface area (Å²) in [4.78, 5) is 15.8. The number of hydrogen-bond donors (Lipinski definition) is 0. The fourth-order valence-electron chi connectivity index (χ4n) is 10.3. The molecule has 304 valence electrons. The quantitative estimate of drug-likeness (QED) is 0.173. The lowest BCUT2D eigenvalue weighted by atomic mass is 9.89. The van der Waals surface area contributed by atoms with Crippen molar-refractivity contribution >= 4 is 70.9 Å². The van der Waals surface area contributed by atoms with Crippen LogP contribution in [0, 0.1) is 0 Å². The molecule has 2 aliphatic rings. The lowest BCUT2D eigenvalue weighted by molar-refractivity contribution is 0.269. The average molecular weight is 833 g/mol. The van der Waals surface area contributed by atoms with E-state index in [-0.39, 0.29) is 12.0 Å². The number of allylic oxidation sites excluding steroid dienone is 2. The van der Waals surface area contributed by atoms with Crippen LogP contribution in [0.4, 0.5) is 0 Å². The molecule has 12 aromatic rings. The van der Waals surface area contributed by atoms with E-state index in [4.69, 9.17) is 24.1 Å². The number of benzene rings is 9. The number of aromatic nitrogens is 4. The van der Waals surface area contributed by atoms with E-state index in [1.165, 1.54) is 37.9 Å². The number of fused-ring (bicyclic) bond motifs is 12. The number of para-hydroxylation sites is 2. The van der Waals surface area contributed by atoms with Crippen molar-refractivity contribution in [3.05, 3.63) is 218 Å². The summed E-state index contributed by atoms with van der Waals surface area (Å²) in [6.07, 6.45) is 6.34. The zero-order valence-corrected chi connectivity index (χ0v) is 34.9. The second-order valence-electron chi connectivity index (χ2n) is 17.0. The maximum atomic E-state index is 6.98. The third-order valence-electron chi connectivity index (χ3n) is 13.4. The van der Waals surface area contributed by atoms with Crippen LogP contribution in [0.3, 0.4) is 0 Å². The predicted molar refractivity (Wildman–Crippen MR) is 263 cm³/mol. The Labute approximate surface area is 373 Å². The Morgan fingerprint density at radius 3 is 2.06 bits per heavy atom. The number of ether oxygens (including phenoxy) is 1. The van der Waals surface area contributed by atoms with Crippen molar-refractivity contribution in [1.82, 2.24) is 19.5 Å². The van der Waals surface area contributed by atoms with Crippen molar-refractivity contribution < 1.29 is 9.15 Å². The largest absolute Gasteiger partial charge is 0.485 e. The molecule has 0 radical (unpaired) electrons. The Bertz CT molecular complexity index is 3990. The zero-order chi connectivity index (χ0) is 42.6. The monoisotopic (exact) mass is 832 g/mol. The molecule has 4 heterocycles. The second kappa shape index (κ2) is 13.9. The van der Waals surface area contributed by atoms with Crippen LogP contribution in [0.15, 0.2) is 211 Å². The van der Waals surface area contributed by atoms with E-state index in [0.29, 0.717) is 23.1 Å². The normalized spacial score (nSPS) is 15.5. The third kappa shape index (κ3) is 5.57. The summed E-state index contributed by atoms with van der Waals surface area (Å²) in [5.41, 5.74) is 10.8. The fraction of sp³-hybridized carbons (Fsp3) is 0.0339. The lowest BCUT2D eigenvalue weighted by Crippen LogP contribution is -2.18. The van der Waals surface area contributed by atoms with E-state index in [0.717, 1.165) is 66.7 Å². The van der Waals surface area contributed by atoms with E-state index in [9.17, 15) is 0 Å². The Kier molecular flexibility index (Phi) is 7.71. The molecule has 1 aliphatic carbocycles. The van der Waals surface area contributed by atoms with E-state index in [1.54, 1.807) is 0 Å². The van der Waals surface area contributed by atoms with E-state index in [2.05, 4.69) is 181 Å². The van der Waals surface area contributed by atoms with Crippen molar-refractivity contribution in [3.63, 3.8) is 0 Å². The molecule has 0 saturated heterocycles. The molecule has 0 bridgehead atoms. The Hall–Kier alpha value is -8.61. The molecular weight excluding hydrogens is 797 g/mol. The van der Waals surface area contributed by atoms with Crippen molar-refractivity contribution in [1.29, 1.82) is 0 Å². The van der Waals surface area contributed by atoms with Crippen LogP contribution in [0.2, 0.25) is 0 Å². The van der Waals surface area contributed by atoms with Gasteiger partial charge in [-0.3, -0.25) is 0 Å². The summed E-state index contributed by atoms with van der Waals surface area (Å²) >= 11 is 0. The van der Waals surface area contributed by atoms with Gasteiger partial charge in [-0.05, 0) is 69.8 Å². The fourth-order valence-corrected chi connectivity index (χ4v) is 10.3. The topological polar surface area (TPSA) is 66.0 Å². The first-order chi connectivity index (χ1) is 32.2. The number of rotatable bonds is 5. The van der Waals surface area contributed by atoms with Crippen LogP contribution in [-0.2, 0) is 0 Å². The first-order valence-corrected chi connectivity index (χ1v) is 22.1. The smallest absolute Gasteiger partial charge is 0.167 e. The zero-order valence-electron chi connectivity index (χ0n) is 34.9. The van der Waals surface area contributed by atoms with Gasteiger partial charge in [-0.25, -0.2) is 15.0 Å². The molecule has 0 amide bonds. The van der Waals surface area contributed by atoms with Gasteiger partial charge in [0.2, 0.25) is 0 Å². The van der Waals surface area contributed by atoms with Crippen molar-refractivity contribution in [2.45, 2.75) is 12.0 Å². The third-order valence-corrected chi connectivity index (χ3v) is 13.4. The summed E-state index contributed by atoms with van der Waals surface area (Å²) in [7, 11) is 0. The summed E-state index contributed by atoms with van der Waals surface area (Å²) in [5, 5.41) is 9.17. The molecular formula is C59H36N4O2. The van der Waals surface area contributed by atoms with Gasteiger partial charge < -0.3 is 13.7 Å². The van der Waals surface area contributed by atoms with Crippen LogP contribution < -0.4 is 4.74 Å². The highest BCUT2D eigenvalue weighted by atomic mass is 16.5. The molecule has 9 aromatic carbocycles. The minimum absolute atomic E-state index is 0.125. The standard InChI is InChI=1S/C59H36N4O2/c1-2-12-35(13-3-1)36-22-24-38(25-23-36)57-60-58(41-27-28-44-43-18-8-10-20-51(43)64-53(44)34-41)62-59(61-57)47-30-31-49(54-46-19-9-11-21-52(46)65-56(47)54)63-50-33-40-16-5-4-15-39(40)32-48(50)45-29-26-37-14-6-7-17-42(37)55(45)63/h1-34,44,53H. The Morgan fingerprint density at radius 2 is 1.18 bits per heavy atom. The van der Waals surface area contributed by atoms with E-state index < -0.39 is 0 Å². The van der Waals surface area contributed by atoms with E-state index in [1.807, 2.05) is 30.3 Å². The van der Waals surface area contributed by atoms with Crippen LogP contribution in [0.25, 0.3) is 110 Å². The van der Waals surface area contributed by atoms with Gasteiger partial charge in [0.15, 0.2) is 17.5 Å². The van der Waals surface area contributed by atoms with Crippen LogP contribution >= 0.6 is 0 Å². The van der Waals surface area contributed by atoms with Crippen LogP contribution in [0.1, 0.15) is 17.3 Å². The molecule has 0 N–H and O–H groups in total.